The zero-order valence-corrected chi connectivity index (χ0v) is 13.7. The Kier molecular flexibility index (Phi) is 4.78. The van der Waals surface area contributed by atoms with E-state index < -0.39 is 5.60 Å². The average molecular weight is 307 g/mol. The monoisotopic (exact) mass is 307 g/mol. The Morgan fingerprint density at radius 1 is 1.41 bits per heavy atom. The van der Waals surface area contributed by atoms with E-state index in [1.807, 2.05) is 20.8 Å². The maximum Gasteiger partial charge on any atom is 0.410 e. The molecule has 0 atom stereocenters. The first-order chi connectivity index (χ1) is 10.3. The number of carbonyl (C=O) groups excluding carboxylic acids is 1. The molecule has 1 N–H and O–H groups in total. The van der Waals surface area contributed by atoms with Gasteiger partial charge in [-0.25, -0.2) is 9.78 Å². The molecule has 122 valence electrons. The van der Waals surface area contributed by atoms with Crippen LogP contribution in [0.15, 0.2) is 18.3 Å². The summed E-state index contributed by atoms with van der Waals surface area (Å²) in [7, 11) is 1.78. The topological polar surface area (TPSA) is 65.9 Å². The van der Waals surface area contributed by atoms with Gasteiger partial charge in [0, 0.05) is 32.4 Å². The number of hydrogen-bond acceptors (Lipinski definition) is 5. The molecule has 6 nitrogen and oxygen atoms in total. The van der Waals surface area contributed by atoms with E-state index in [2.05, 4.69) is 9.88 Å². The number of piperidine rings is 1. The normalized spacial score (nSPS) is 16.5. The highest BCUT2D eigenvalue weighted by molar-refractivity contribution is 5.68. The first-order valence-corrected chi connectivity index (χ1v) is 7.62. The number of rotatable bonds is 2. The van der Waals surface area contributed by atoms with E-state index in [1.54, 1.807) is 30.3 Å². The predicted molar refractivity (Wildman–Crippen MR) is 85.1 cm³/mol. The zero-order chi connectivity index (χ0) is 16.3. The minimum atomic E-state index is -0.480. The van der Waals surface area contributed by atoms with Gasteiger partial charge in [-0.1, -0.05) is 0 Å². The molecule has 0 spiro atoms. The molecule has 1 aliphatic heterocycles. The van der Waals surface area contributed by atoms with Crippen molar-refractivity contribution in [2.45, 2.75) is 45.3 Å². The highest BCUT2D eigenvalue weighted by atomic mass is 16.6. The van der Waals surface area contributed by atoms with E-state index in [0.717, 1.165) is 25.9 Å². The number of aromatic hydroxyl groups is 1. The van der Waals surface area contributed by atoms with Crippen LogP contribution in [-0.4, -0.2) is 52.9 Å². The van der Waals surface area contributed by atoms with Gasteiger partial charge in [0.05, 0.1) is 0 Å². The van der Waals surface area contributed by atoms with Crippen LogP contribution in [0, 0.1) is 0 Å². The number of aromatic nitrogens is 1. The molecule has 1 aromatic rings. The molecule has 2 rings (SSSR count). The summed E-state index contributed by atoms with van der Waals surface area (Å²) in [6.07, 6.45) is 3.04. The molecule has 22 heavy (non-hydrogen) atoms. The summed E-state index contributed by atoms with van der Waals surface area (Å²) in [6.45, 7) is 7.10. The maximum atomic E-state index is 12.1. The minimum Gasteiger partial charge on any atom is -0.504 e. The molecule has 1 aliphatic rings. The lowest BCUT2D eigenvalue weighted by Gasteiger charge is -2.37. The molecule has 0 saturated carbocycles. The van der Waals surface area contributed by atoms with Gasteiger partial charge < -0.3 is 19.6 Å². The summed E-state index contributed by atoms with van der Waals surface area (Å²) < 4.78 is 5.40. The number of amides is 1. The molecule has 1 amide bonds. The Labute approximate surface area is 131 Å². The molecule has 0 bridgehead atoms. The van der Waals surface area contributed by atoms with Crippen LogP contribution < -0.4 is 4.90 Å². The van der Waals surface area contributed by atoms with Gasteiger partial charge in [-0.05, 0) is 45.7 Å². The molecule has 1 saturated heterocycles. The van der Waals surface area contributed by atoms with Crippen molar-refractivity contribution in [3.63, 3.8) is 0 Å². The van der Waals surface area contributed by atoms with Crippen LogP contribution in [0.3, 0.4) is 0 Å². The molecule has 0 unspecified atom stereocenters. The highest BCUT2D eigenvalue weighted by Gasteiger charge is 2.29. The van der Waals surface area contributed by atoms with E-state index in [4.69, 9.17) is 4.74 Å². The Hall–Kier alpha value is -1.98. The van der Waals surface area contributed by atoms with E-state index in [9.17, 15) is 9.90 Å². The second-order valence-corrected chi connectivity index (χ2v) is 6.66. The molecule has 0 radical (unpaired) electrons. The van der Waals surface area contributed by atoms with Gasteiger partial charge in [0.25, 0.3) is 0 Å². The van der Waals surface area contributed by atoms with Crippen LogP contribution in [0.25, 0.3) is 0 Å². The Morgan fingerprint density at radius 2 is 2.05 bits per heavy atom. The third-order valence-corrected chi connectivity index (χ3v) is 3.76. The summed E-state index contributed by atoms with van der Waals surface area (Å²) in [6, 6.07) is 3.50. The summed E-state index contributed by atoms with van der Waals surface area (Å²) in [5.41, 5.74) is -0.480. The third-order valence-electron chi connectivity index (χ3n) is 3.76. The highest BCUT2D eigenvalue weighted by Crippen LogP contribution is 2.27. The van der Waals surface area contributed by atoms with Crippen molar-refractivity contribution in [1.82, 2.24) is 9.88 Å². The van der Waals surface area contributed by atoms with Crippen LogP contribution in [0.5, 0.6) is 5.75 Å². The predicted octanol–water partition coefficient (Wildman–Crippen LogP) is 2.62. The quantitative estimate of drug-likeness (QED) is 0.910. The first-order valence-electron chi connectivity index (χ1n) is 7.62. The van der Waals surface area contributed by atoms with Gasteiger partial charge in [0.15, 0.2) is 11.6 Å². The average Bonchev–Trinajstić information content (AvgIpc) is 2.45. The largest absolute Gasteiger partial charge is 0.504 e. The SMILES string of the molecule is CN(C(=O)OC(C)(C)C)C1CCN(c2ncccc2O)CC1. The summed E-state index contributed by atoms with van der Waals surface area (Å²) in [5, 5.41) is 9.86. The molecule has 1 fully saturated rings. The fourth-order valence-electron chi connectivity index (χ4n) is 2.58. The fraction of sp³-hybridized carbons (Fsp3) is 0.625. The Morgan fingerprint density at radius 3 is 2.59 bits per heavy atom. The van der Waals surface area contributed by atoms with Gasteiger partial charge in [-0.15, -0.1) is 0 Å². The van der Waals surface area contributed by atoms with E-state index in [0.29, 0.717) is 5.82 Å². The Balaban J connectivity index is 1.92. The number of anilines is 1. The van der Waals surface area contributed by atoms with E-state index in [-0.39, 0.29) is 17.9 Å². The van der Waals surface area contributed by atoms with E-state index in [1.165, 1.54) is 0 Å². The van der Waals surface area contributed by atoms with Crippen molar-refractivity contribution in [2.75, 3.05) is 25.0 Å². The molecule has 6 heteroatoms. The Bertz CT molecular complexity index is 520. The molecule has 2 heterocycles. The molecular formula is C16H25N3O3. The number of carbonyl (C=O) groups is 1. The van der Waals surface area contributed by atoms with Crippen molar-refractivity contribution in [1.29, 1.82) is 0 Å². The van der Waals surface area contributed by atoms with Crippen LogP contribution in [0.2, 0.25) is 0 Å². The first kappa shape index (κ1) is 16.4. The van der Waals surface area contributed by atoms with Crippen molar-refractivity contribution in [2.24, 2.45) is 0 Å². The molecule has 1 aromatic heterocycles. The van der Waals surface area contributed by atoms with Gasteiger partial charge in [0.1, 0.15) is 5.60 Å². The number of ether oxygens (including phenoxy) is 1. The number of pyridine rings is 1. The van der Waals surface area contributed by atoms with Crippen molar-refractivity contribution in [3.8, 4) is 5.75 Å². The second-order valence-electron chi connectivity index (χ2n) is 6.66. The molecule has 0 aliphatic carbocycles. The van der Waals surface area contributed by atoms with Gasteiger partial charge in [0.2, 0.25) is 0 Å². The standard InChI is InChI=1S/C16H25N3O3/c1-16(2,3)22-15(21)18(4)12-7-10-19(11-8-12)14-13(20)6-5-9-17-14/h5-6,9,12,20H,7-8,10-11H2,1-4H3. The van der Waals surface area contributed by atoms with Crippen LogP contribution in [0.1, 0.15) is 33.6 Å². The van der Waals surface area contributed by atoms with Gasteiger partial charge >= 0.3 is 6.09 Å². The zero-order valence-electron chi connectivity index (χ0n) is 13.7. The van der Waals surface area contributed by atoms with Gasteiger partial charge in [-0.3, -0.25) is 0 Å². The van der Waals surface area contributed by atoms with E-state index >= 15 is 0 Å². The lowest BCUT2D eigenvalue weighted by molar-refractivity contribution is 0.0200. The fourth-order valence-corrected chi connectivity index (χ4v) is 2.58. The summed E-state index contributed by atoms with van der Waals surface area (Å²) in [5.74, 6) is 0.808. The van der Waals surface area contributed by atoms with Crippen molar-refractivity contribution >= 4 is 11.9 Å². The van der Waals surface area contributed by atoms with Gasteiger partial charge in [-0.2, -0.15) is 0 Å². The smallest absolute Gasteiger partial charge is 0.410 e. The second kappa shape index (κ2) is 6.42. The molecule has 0 aromatic carbocycles. The summed E-state index contributed by atoms with van der Waals surface area (Å²) >= 11 is 0. The number of nitrogens with zero attached hydrogens (tertiary/aromatic N) is 3. The number of hydrogen-bond donors (Lipinski definition) is 1. The summed E-state index contributed by atoms with van der Waals surface area (Å²) in [4.78, 5) is 20.1. The minimum absolute atomic E-state index is 0.150. The third kappa shape index (κ3) is 4.02. The maximum absolute atomic E-state index is 12.1. The van der Waals surface area contributed by atoms with Crippen LogP contribution >= 0.6 is 0 Å². The van der Waals surface area contributed by atoms with Crippen LogP contribution in [0.4, 0.5) is 10.6 Å². The van der Waals surface area contributed by atoms with Crippen molar-refractivity contribution < 1.29 is 14.6 Å². The van der Waals surface area contributed by atoms with Crippen LogP contribution in [-0.2, 0) is 4.74 Å². The lowest BCUT2D eigenvalue weighted by Crippen LogP contribution is -2.47. The van der Waals surface area contributed by atoms with Crippen molar-refractivity contribution in [3.05, 3.63) is 18.3 Å². The molecular weight excluding hydrogens is 282 g/mol. The lowest BCUT2D eigenvalue weighted by atomic mass is 10.0.